The number of nitrogens with zero attached hydrogens (tertiary/aromatic N) is 1. The highest BCUT2D eigenvalue weighted by Crippen LogP contribution is 2.21. The molecule has 0 aromatic rings. The molecule has 17 heavy (non-hydrogen) atoms. The fraction of sp³-hybridized carbons (Fsp3) is 0.923. The van der Waals surface area contributed by atoms with Gasteiger partial charge in [-0.25, -0.2) is 0 Å². The number of carbonyl (C=O) groups is 1. The van der Waals surface area contributed by atoms with Crippen molar-refractivity contribution in [1.82, 2.24) is 4.90 Å². The normalized spacial score (nSPS) is 30.6. The van der Waals surface area contributed by atoms with Crippen molar-refractivity contribution < 1.29 is 14.6 Å². The summed E-state index contributed by atoms with van der Waals surface area (Å²) in [5.41, 5.74) is 0. The molecule has 2 atom stereocenters. The molecule has 2 fully saturated rings. The number of ether oxygens (including phenoxy) is 1. The lowest BCUT2D eigenvalue weighted by Gasteiger charge is -2.35. The van der Waals surface area contributed by atoms with Crippen LogP contribution in [-0.2, 0) is 9.53 Å². The molecule has 0 aliphatic carbocycles. The summed E-state index contributed by atoms with van der Waals surface area (Å²) in [6.45, 7) is 3.12. The minimum atomic E-state index is 0.117. The maximum atomic E-state index is 12.1. The number of hydrogen-bond donors (Lipinski definition) is 1. The van der Waals surface area contributed by atoms with Gasteiger partial charge in [0.05, 0.1) is 13.2 Å². The third-order valence-electron chi connectivity index (χ3n) is 3.96. The predicted octanol–water partition coefficient (Wildman–Crippen LogP) is 0.829. The number of ketones is 1. The van der Waals surface area contributed by atoms with Gasteiger partial charge in [-0.2, -0.15) is 0 Å². The zero-order chi connectivity index (χ0) is 12.1. The Hall–Kier alpha value is -0.450. The molecule has 2 saturated heterocycles. The quantitative estimate of drug-likeness (QED) is 0.774. The molecule has 0 spiro atoms. The van der Waals surface area contributed by atoms with Crippen LogP contribution in [0.2, 0.25) is 0 Å². The molecular weight excluding hydrogens is 218 g/mol. The number of likely N-dealkylation sites (tertiary alicyclic amines) is 1. The Labute approximate surface area is 103 Å². The van der Waals surface area contributed by atoms with Gasteiger partial charge >= 0.3 is 0 Å². The topological polar surface area (TPSA) is 49.8 Å². The Morgan fingerprint density at radius 1 is 1.35 bits per heavy atom. The first kappa shape index (κ1) is 13.0. The van der Waals surface area contributed by atoms with E-state index in [1.54, 1.807) is 0 Å². The van der Waals surface area contributed by atoms with Crippen molar-refractivity contribution in [1.29, 1.82) is 0 Å². The molecule has 0 amide bonds. The van der Waals surface area contributed by atoms with Gasteiger partial charge in [-0.3, -0.25) is 9.69 Å². The highest BCUT2D eigenvalue weighted by atomic mass is 16.5. The summed E-state index contributed by atoms with van der Waals surface area (Å²) in [5, 5.41) is 9.05. The molecule has 0 aromatic heterocycles. The highest BCUT2D eigenvalue weighted by Gasteiger charge is 2.28. The molecule has 0 saturated carbocycles. The maximum absolute atomic E-state index is 12.1. The number of carbonyl (C=O) groups excluding carboxylic acids is 1. The molecule has 98 valence electrons. The highest BCUT2D eigenvalue weighted by molar-refractivity contribution is 5.83. The standard InChI is InChI=1S/C13H23NO3/c15-7-4-12-3-1-2-6-14(12)9-13(16)11-5-8-17-10-11/h11-12,15H,1-10H2. The average Bonchev–Trinajstić information content (AvgIpc) is 2.85. The molecule has 4 nitrogen and oxygen atoms in total. The number of aliphatic hydroxyl groups is 1. The minimum Gasteiger partial charge on any atom is -0.396 e. The molecule has 0 radical (unpaired) electrons. The molecule has 0 aromatic carbocycles. The van der Waals surface area contributed by atoms with E-state index in [-0.39, 0.29) is 12.5 Å². The van der Waals surface area contributed by atoms with E-state index in [0.717, 1.165) is 32.4 Å². The molecule has 2 aliphatic rings. The molecular formula is C13H23NO3. The lowest BCUT2D eigenvalue weighted by Crippen LogP contribution is -2.44. The Balaban J connectivity index is 1.84. The zero-order valence-corrected chi connectivity index (χ0v) is 10.4. The van der Waals surface area contributed by atoms with Crippen LogP contribution in [0, 0.1) is 5.92 Å². The molecule has 2 unspecified atom stereocenters. The Morgan fingerprint density at radius 2 is 2.24 bits per heavy atom. The first-order chi connectivity index (χ1) is 8.31. The molecule has 0 bridgehead atoms. The third-order valence-corrected chi connectivity index (χ3v) is 3.96. The summed E-state index contributed by atoms with van der Waals surface area (Å²) in [7, 11) is 0. The van der Waals surface area contributed by atoms with Crippen molar-refractivity contribution >= 4 is 5.78 Å². The third kappa shape index (κ3) is 3.50. The number of rotatable bonds is 5. The van der Waals surface area contributed by atoms with Gasteiger partial charge in [0.25, 0.3) is 0 Å². The van der Waals surface area contributed by atoms with Gasteiger partial charge in [-0.05, 0) is 32.2 Å². The zero-order valence-electron chi connectivity index (χ0n) is 10.4. The van der Waals surface area contributed by atoms with E-state index >= 15 is 0 Å². The first-order valence-electron chi connectivity index (χ1n) is 6.76. The Kier molecular flexibility index (Phi) is 4.95. The lowest BCUT2D eigenvalue weighted by atomic mass is 9.97. The van der Waals surface area contributed by atoms with E-state index in [4.69, 9.17) is 9.84 Å². The summed E-state index contributed by atoms with van der Waals surface area (Å²) in [6.07, 6.45) is 5.21. The SMILES string of the molecule is O=C(CN1CCCCC1CCO)C1CCOC1. The van der Waals surface area contributed by atoms with Crippen LogP contribution >= 0.6 is 0 Å². The van der Waals surface area contributed by atoms with Crippen molar-refractivity contribution in [3.63, 3.8) is 0 Å². The van der Waals surface area contributed by atoms with Gasteiger partial charge in [0.2, 0.25) is 0 Å². The second-order valence-corrected chi connectivity index (χ2v) is 5.16. The van der Waals surface area contributed by atoms with Crippen molar-refractivity contribution in [2.45, 2.75) is 38.1 Å². The molecule has 4 heteroatoms. The average molecular weight is 241 g/mol. The van der Waals surface area contributed by atoms with Gasteiger partial charge in [0.15, 0.2) is 5.78 Å². The summed E-state index contributed by atoms with van der Waals surface area (Å²) < 4.78 is 5.26. The second kappa shape index (κ2) is 6.47. The van der Waals surface area contributed by atoms with Crippen LogP contribution in [0.1, 0.15) is 32.1 Å². The number of hydrogen-bond acceptors (Lipinski definition) is 4. The smallest absolute Gasteiger partial charge is 0.152 e. The number of piperidine rings is 1. The summed E-state index contributed by atoms with van der Waals surface area (Å²) in [5.74, 6) is 0.444. The van der Waals surface area contributed by atoms with Crippen molar-refractivity contribution in [2.24, 2.45) is 5.92 Å². The number of aliphatic hydroxyl groups excluding tert-OH is 1. The van der Waals surface area contributed by atoms with Gasteiger partial charge in [0, 0.05) is 25.2 Å². The predicted molar refractivity (Wildman–Crippen MR) is 64.8 cm³/mol. The van der Waals surface area contributed by atoms with Crippen LogP contribution in [0.5, 0.6) is 0 Å². The van der Waals surface area contributed by atoms with Crippen molar-refractivity contribution in [2.75, 3.05) is 32.9 Å². The van der Waals surface area contributed by atoms with Crippen LogP contribution in [0.3, 0.4) is 0 Å². The summed E-state index contributed by atoms with van der Waals surface area (Å²) in [6, 6.07) is 0.403. The maximum Gasteiger partial charge on any atom is 0.152 e. The van der Waals surface area contributed by atoms with Crippen LogP contribution in [0.15, 0.2) is 0 Å². The van der Waals surface area contributed by atoms with Gasteiger partial charge in [0.1, 0.15) is 0 Å². The Morgan fingerprint density at radius 3 is 2.94 bits per heavy atom. The summed E-state index contributed by atoms with van der Waals surface area (Å²) in [4.78, 5) is 14.3. The van der Waals surface area contributed by atoms with E-state index in [2.05, 4.69) is 4.90 Å². The van der Waals surface area contributed by atoms with Crippen LogP contribution in [-0.4, -0.2) is 54.7 Å². The van der Waals surface area contributed by atoms with Crippen LogP contribution in [0.25, 0.3) is 0 Å². The van der Waals surface area contributed by atoms with E-state index < -0.39 is 0 Å². The number of Topliss-reactive ketones (excluding diaryl/α,β-unsaturated/α-hetero) is 1. The largest absolute Gasteiger partial charge is 0.396 e. The van der Waals surface area contributed by atoms with Crippen LogP contribution < -0.4 is 0 Å². The van der Waals surface area contributed by atoms with E-state index in [1.807, 2.05) is 0 Å². The first-order valence-corrected chi connectivity index (χ1v) is 6.76. The van der Waals surface area contributed by atoms with Gasteiger partial charge in [-0.15, -0.1) is 0 Å². The van der Waals surface area contributed by atoms with E-state index in [0.29, 0.717) is 25.0 Å². The van der Waals surface area contributed by atoms with Crippen LogP contribution in [0.4, 0.5) is 0 Å². The molecule has 2 rings (SSSR count). The van der Waals surface area contributed by atoms with Crippen molar-refractivity contribution in [3.05, 3.63) is 0 Å². The van der Waals surface area contributed by atoms with E-state index in [9.17, 15) is 4.79 Å². The minimum absolute atomic E-state index is 0.117. The lowest BCUT2D eigenvalue weighted by molar-refractivity contribution is -0.125. The second-order valence-electron chi connectivity index (χ2n) is 5.16. The van der Waals surface area contributed by atoms with Crippen molar-refractivity contribution in [3.8, 4) is 0 Å². The Bertz CT molecular complexity index is 249. The monoisotopic (exact) mass is 241 g/mol. The molecule has 2 aliphatic heterocycles. The fourth-order valence-corrected chi connectivity index (χ4v) is 2.86. The molecule has 1 N–H and O–H groups in total. The van der Waals surface area contributed by atoms with E-state index in [1.165, 1.54) is 12.8 Å². The molecule has 2 heterocycles. The van der Waals surface area contributed by atoms with Gasteiger partial charge < -0.3 is 9.84 Å². The van der Waals surface area contributed by atoms with Gasteiger partial charge in [-0.1, -0.05) is 6.42 Å². The summed E-state index contributed by atoms with van der Waals surface area (Å²) >= 11 is 0. The fourth-order valence-electron chi connectivity index (χ4n) is 2.86.